The second kappa shape index (κ2) is 4.88. The van der Waals surface area contributed by atoms with Crippen molar-refractivity contribution in [2.45, 2.75) is 18.8 Å². The number of hydrogen-bond acceptors (Lipinski definition) is 4. The van der Waals surface area contributed by atoms with Crippen molar-refractivity contribution in [1.82, 2.24) is 0 Å². The largest absolute Gasteiger partial charge is 0.425 e. The van der Waals surface area contributed by atoms with Crippen LogP contribution in [0.1, 0.15) is 34.7 Å². The standard InChI is InChI=1S/C21H16O4/c22-18(12-6-2-1-3-7-12)17-16-14-8-4-5-9-15(14)25-20(24)21(16,17)19(23)13-10-11-13/h1-9,13,16-17H,10-11H2/t16-,17+,21-/m1/s1. The Bertz CT molecular complexity index is 913. The van der Waals surface area contributed by atoms with E-state index in [9.17, 15) is 14.4 Å². The van der Waals surface area contributed by atoms with Crippen LogP contribution in [0.2, 0.25) is 0 Å². The number of rotatable bonds is 4. The lowest BCUT2D eigenvalue weighted by Crippen LogP contribution is -2.37. The predicted octanol–water partition coefficient (Wildman–Crippen LogP) is 3.17. The van der Waals surface area contributed by atoms with Gasteiger partial charge >= 0.3 is 5.97 Å². The van der Waals surface area contributed by atoms with Crippen LogP contribution >= 0.6 is 0 Å². The Morgan fingerprint density at radius 1 is 0.960 bits per heavy atom. The molecule has 25 heavy (non-hydrogen) atoms. The number of carbonyl (C=O) groups excluding carboxylic acids is 3. The lowest BCUT2D eigenvalue weighted by molar-refractivity contribution is -0.148. The molecule has 0 N–H and O–H groups in total. The monoisotopic (exact) mass is 332 g/mol. The van der Waals surface area contributed by atoms with Gasteiger partial charge < -0.3 is 4.74 Å². The van der Waals surface area contributed by atoms with Crippen LogP contribution in [-0.4, -0.2) is 17.5 Å². The molecule has 3 atom stereocenters. The molecule has 4 heteroatoms. The molecule has 0 unspecified atom stereocenters. The molecule has 2 fully saturated rings. The highest BCUT2D eigenvalue weighted by molar-refractivity contribution is 6.20. The van der Waals surface area contributed by atoms with Gasteiger partial charge in [-0.15, -0.1) is 0 Å². The van der Waals surface area contributed by atoms with Crippen molar-refractivity contribution in [2.75, 3.05) is 0 Å². The minimum Gasteiger partial charge on any atom is -0.425 e. The molecule has 1 heterocycles. The van der Waals surface area contributed by atoms with Crippen LogP contribution < -0.4 is 4.74 Å². The summed E-state index contributed by atoms with van der Waals surface area (Å²) in [7, 11) is 0. The molecule has 2 aromatic carbocycles. The summed E-state index contributed by atoms with van der Waals surface area (Å²) in [5, 5.41) is 0. The first-order valence-electron chi connectivity index (χ1n) is 8.60. The zero-order valence-corrected chi connectivity index (χ0v) is 13.5. The molecule has 0 bridgehead atoms. The number of para-hydroxylation sites is 1. The van der Waals surface area contributed by atoms with Crippen molar-refractivity contribution < 1.29 is 19.1 Å². The van der Waals surface area contributed by atoms with Gasteiger partial charge in [-0.2, -0.15) is 0 Å². The number of Topliss-reactive ketones (excluding diaryl/α,β-unsaturated/α-hetero) is 2. The topological polar surface area (TPSA) is 60.4 Å². The Labute approximate surface area is 144 Å². The zero-order valence-electron chi connectivity index (χ0n) is 13.5. The number of esters is 1. The quantitative estimate of drug-likeness (QED) is 0.373. The Balaban J connectivity index is 1.64. The summed E-state index contributed by atoms with van der Waals surface area (Å²) in [5.41, 5.74) is 0.0168. The number of hydrogen-bond donors (Lipinski definition) is 0. The predicted molar refractivity (Wildman–Crippen MR) is 89.2 cm³/mol. The Kier molecular flexibility index (Phi) is 2.85. The third kappa shape index (κ3) is 1.85. The minimum absolute atomic E-state index is 0.103. The van der Waals surface area contributed by atoms with E-state index in [0.29, 0.717) is 11.3 Å². The van der Waals surface area contributed by atoms with Crippen LogP contribution in [0.3, 0.4) is 0 Å². The number of ether oxygens (including phenoxy) is 1. The van der Waals surface area contributed by atoms with E-state index >= 15 is 0 Å². The maximum absolute atomic E-state index is 13.1. The molecule has 2 aromatic rings. The molecule has 2 aliphatic carbocycles. The molecule has 0 aromatic heterocycles. The van der Waals surface area contributed by atoms with E-state index in [0.717, 1.165) is 18.4 Å². The fourth-order valence-electron chi connectivity index (χ4n) is 4.31. The number of benzene rings is 2. The van der Waals surface area contributed by atoms with Gasteiger partial charge in [-0.05, 0) is 18.9 Å². The van der Waals surface area contributed by atoms with E-state index in [1.165, 1.54) is 0 Å². The molecular weight excluding hydrogens is 316 g/mol. The second-order valence-electron chi connectivity index (χ2n) is 7.12. The first-order valence-corrected chi connectivity index (χ1v) is 8.60. The van der Waals surface area contributed by atoms with Gasteiger partial charge in [-0.1, -0.05) is 48.5 Å². The molecule has 124 valence electrons. The van der Waals surface area contributed by atoms with Crippen LogP contribution in [0.15, 0.2) is 54.6 Å². The molecule has 2 saturated carbocycles. The molecule has 0 amide bonds. The van der Waals surface area contributed by atoms with Crippen LogP contribution in [0.25, 0.3) is 0 Å². The van der Waals surface area contributed by atoms with Gasteiger partial charge in [0.2, 0.25) is 0 Å². The van der Waals surface area contributed by atoms with Crippen molar-refractivity contribution in [3.05, 3.63) is 65.7 Å². The summed E-state index contributed by atoms with van der Waals surface area (Å²) < 4.78 is 5.49. The highest BCUT2D eigenvalue weighted by Crippen LogP contribution is 2.71. The van der Waals surface area contributed by atoms with Crippen molar-refractivity contribution in [3.63, 3.8) is 0 Å². The van der Waals surface area contributed by atoms with Crippen LogP contribution in [0.4, 0.5) is 0 Å². The number of fused-ring (bicyclic) bond motifs is 3. The Morgan fingerprint density at radius 3 is 2.36 bits per heavy atom. The number of ketones is 2. The fraction of sp³-hybridized carbons (Fsp3) is 0.286. The highest BCUT2D eigenvalue weighted by atomic mass is 16.5. The van der Waals surface area contributed by atoms with Gasteiger partial charge in [0.25, 0.3) is 0 Å². The van der Waals surface area contributed by atoms with Crippen molar-refractivity contribution >= 4 is 17.5 Å². The van der Waals surface area contributed by atoms with Gasteiger partial charge in [0.05, 0.1) is 5.92 Å². The third-order valence-corrected chi connectivity index (χ3v) is 5.70. The molecule has 3 aliphatic rings. The molecular formula is C21H16O4. The van der Waals surface area contributed by atoms with Crippen LogP contribution in [-0.2, 0) is 9.59 Å². The lowest BCUT2D eigenvalue weighted by atomic mass is 9.88. The molecule has 5 rings (SSSR count). The van der Waals surface area contributed by atoms with Gasteiger partial charge in [0, 0.05) is 23.0 Å². The fourth-order valence-corrected chi connectivity index (χ4v) is 4.31. The third-order valence-electron chi connectivity index (χ3n) is 5.70. The highest BCUT2D eigenvalue weighted by Gasteiger charge is 2.80. The first kappa shape index (κ1) is 14.6. The summed E-state index contributed by atoms with van der Waals surface area (Å²) in [6, 6.07) is 16.1. The average Bonchev–Trinajstić information content (AvgIpc) is 3.55. The normalized spacial score (nSPS) is 29.2. The SMILES string of the molecule is O=C(c1ccccc1)[C@@H]1[C@H]2c3ccccc3OC(=O)[C@@]12C(=O)C1CC1. The smallest absolute Gasteiger partial charge is 0.326 e. The Hall–Kier alpha value is -2.75. The maximum atomic E-state index is 13.1. The van der Waals surface area contributed by atoms with Crippen molar-refractivity contribution in [2.24, 2.45) is 17.3 Å². The summed E-state index contributed by atoms with van der Waals surface area (Å²) in [5.74, 6) is -1.49. The van der Waals surface area contributed by atoms with Gasteiger partial charge in [-0.3, -0.25) is 14.4 Å². The molecule has 0 saturated heterocycles. The number of carbonyl (C=O) groups is 3. The summed E-state index contributed by atoms with van der Waals surface area (Å²) in [6.07, 6.45) is 1.60. The van der Waals surface area contributed by atoms with Gasteiger partial charge in [-0.25, -0.2) is 0 Å². The molecule has 4 nitrogen and oxygen atoms in total. The Morgan fingerprint density at radius 2 is 1.64 bits per heavy atom. The summed E-state index contributed by atoms with van der Waals surface area (Å²) >= 11 is 0. The zero-order chi connectivity index (χ0) is 17.2. The van der Waals surface area contributed by atoms with Gasteiger partial charge in [0.1, 0.15) is 11.2 Å². The van der Waals surface area contributed by atoms with E-state index < -0.39 is 23.2 Å². The van der Waals surface area contributed by atoms with E-state index in [-0.39, 0.29) is 17.5 Å². The van der Waals surface area contributed by atoms with E-state index in [1.807, 2.05) is 18.2 Å². The van der Waals surface area contributed by atoms with Gasteiger partial charge in [0.15, 0.2) is 11.6 Å². The summed E-state index contributed by atoms with van der Waals surface area (Å²) in [4.78, 5) is 39.0. The minimum atomic E-state index is -1.32. The first-order chi connectivity index (χ1) is 12.2. The molecule has 1 aliphatic heterocycles. The van der Waals surface area contributed by atoms with Crippen LogP contribution in [0.5, 0.6) is 5.75 Å². The second-order valence-corrected chi connectivity index (χ2v) is 7.12. The van der Waals surface area contributed by atoms with Crippen molar-refractivity contribution in [1.29, 1.82) is 0 Å². The molecule has 0 radical (unpaired) electrons. The maximum Gasteiger partial charge on any atom is 0.326 e. The molecule has 0 spiro atoms. The summed E-state index contributed by atoms with van der Waals surface area (Å²) in [6.45, 7) is 0. The van der Waals surface area contributed by atoms with Crippen molar-refractivity contribution in [3.8, 4) is 5.75 Å². The lowest BCUT2D eigenvalue weighted by Gasteiger charge is -2.21. The van der Waals surface area contributed by atoms with Crippen LogP contribution in [0, 0.1) is 17.3 Å². The van der Waals surface area contributed by atoms with E-state index in [2.05, 4.69) is 0 Å². The average molecular weight is 332 g/mol. The van der Waals surface area contributed by atoms with E-state index in [4.69, 9.17) is 4.74 Å². The van der Waals surface area contributed by atoms with E-state index in [1.54, 1.807) is 36.4 Å².